The predicted molar refractivity (Wildman–Crippen MR) is 69.5 cm³/mol. The smallest absolute Gasteiger partial charge is 0.261 e. The Hall–Kier alpha value is -2.12. The molecule has 0 aliphatic carbocycles. The molecule has 0 aliphatic rings. The fourth-order valence-electron chi connectivity index (χ4n) is 1.38. The fourth-order valence-corrected chi connectivity index (χ4v) is 1.38. The molecule has 0 aliphatic heterocycles. The zero-order valence-electron chi connectivity index (χ0n) is 10.3. The molecule has 0 unspecified atom stereocenters. The first-order valence-corrected chi connectivity index (χ1v) is 5.72. The lowest BCUT2D eigenvalue weighted by atomic mass is 10.1. The Kier molecular flexibility index (Phi) is 6.23. The van der Waals surface area contributed by atoms with Gasteiger partial charge in [-0.2, -0.15) is 5.26 Å². The number of rotatable bonds is 6. The van der Waals surface area contributed by atoms with Crippen LogP contribution in [0.15, 0.2) is 35.9 Å². The van der Waals surface area contributed by atoms with E-state index < -0.39 is 0 Å². The van der Waals surface area contributed by atoms with E-state index >= 15 is 0 Å². The number of hydrogen-bond acceptors (Lipinski definition) is 3. The Labute approximate surface area is 107 Å². The highest BCUT2D eigenvalue weighted by atomic mass is 16.5. The average molecular weight is 244 g/mol. The molecule has 0 saturated carbocycles. The van der Waals surface area contributed by atoms with E-state index in [0.717, 1.165) is 12.0 Å². The van der Waals surface area contributed by atoms with Crippen molar-refractivity contribution < 1.29 is 9.53 Å². The summed E-state index contributed by atoms with van der Waals surface area (Å²) < 4.78 is 4.88. The second-order valence-corrected chi connectivity index (χ2v) is 3.68. The second kappa shape index (κ2) is 8.04. The summed E-state index contributed by atoms with van der Waals surface area (Å²) in [7, 11) is 1.61. The quantitative estimate of drug-likeness (QED) is 0.471. The number of nitrogens with one attached hydrogen (secondary N) is 1. The van der Waals surface area contributed by atoms with Crippen LogP contribution in [0.25, 0.3) is 6.08 Å². The molecule has 0 fully saturated rings. The summed E-state index contributed by atoms with van der Waals surface area (Å²) in [6.45, 7) is 1.09. The van der Waals surface area contributed by atoms with Gasteiger partial charge in [0.05, 0.1) is 0 Å². The van der Waals surface area contributed by atoms with Crippen LogP contribution in [0.3, 0.4) is 0 Å². The van der Waals surface area contributed by atoms with E-state index in [4.69, 9.17) is 10.00 Å². The van der Waals surface area contributed by atoms with Crippen molar-refractivity contribution in [3.8, 4) is 6.07 Å². The van der Waals surface area contributed by atoms with Gasteiger partial charge in [-0.15, -0.1) is 0 Å². The highest BCUT2D eigenvalue weighted by molar-refractivity contribution is 6.01. The van der Waals surface area contributed by atoms with E-state index in [9.17, 15) is 4.79 Å². The molecule has 1 N–H and O–H groups in total. The molecule has 0 radical (unpaired) electrons. The van der Waals surface area contributed by atoms with Crippen LogP contribution in [0.5, 0.6) is 0 Å². The molecule has 1 aromatic carbocycles. The highest BCUT2D eigenvalue weighted by Gasteiger charge is 2.07. The molecular formula is C14H16N2O2. The molecule has 1 amide bonds. The maximum atomic E-state index is 11.7. The van der Waals surface area contributed by atoms with Gasteiger partial charge >= 0.3 is 0 Å². The number of methoxy groups -OCH3 is 1. The fraction of sp³-hybridized carbons (Fsp3) is 0.286. The minimum absolute atomic E-state index is 0.110. The average Bonchev–Trinajstić information content (AvgIpc) is 2.42. The van der Waals surface area contributed by atoms with Crippen LogP contribution in [0, 0.1) is 11.3 Å². The van der Waals surface area contributed by atoms with Crippen LogP contribution < -0.4 is 5.32 Å². The molecule has 0 atom stereocenters. The lowest BCUT2D eigenvalue weighted by molar-refractivity contribution is -0.117. The van der Waals surface area contributed by atoms with Crippen molar-refractivity contribution in [2.24, 2.45) is 0 Å². The van der Waals surface area contributed by atoms with E-state index in [-0.39, 0.29) is 11.5 Å². The highest BCUT2D eigenvalue weighted by Crippen LogP contribution is 2.05. The molecule has 18 heavy (non-hydrogen) atoms. The first-order valence-electron chi connectivity index (χ1n) is 5.72. The number of benzene rings is 1. The molecule has 4 heteroatoms. The number of amides is 1. The molecule has 0 heterocycles. The van der Waals surface area contributed by atoms with Gasteiger partial charge in [0.2, 0.25) is 0 Å². The summed E-state index contributed by atoms with van der Waals surface area (Å²) in [6.07, 6.45) is 2.30. The second-order valence-electron chi connectivity index (χ2n) is 3.68. The Bertz CT molecular complexity index is 447. The van der Waals surface area contributed by atoms with Crippen molar-refractivity contribution >= 4 is 12.0 Å². The minimum Gasteiger partial charge on any atom is -0.385 e. The first kappa shape index (κ1) is 13.9. The third-order valence-electron chi connectivity index (χ3n) is 2.29. The zero-order chi connectivity index (χ0) is 13.2. The molecule has 1 rings (SSSR count). The lowest BCUT2D eigenvalue weighted by Gasteiger charge is -2.03. The summed E-state index contributed by atoms with van der Waals surface area (Å²) in [4.78, 5) is 11.7. The van der Waals surface area contributed by atoms with Crippen LogP contribution in [0.1, 0.15) is 12.0 Å². The van der Waals surface area contributed by atoms with Crippen LogP contribution >= 0.6 is 0 Å². The maximum Gasteiger partial charge on any atom is 0.261 e. The van der Waals surface area contributed by atoms with E-state index in [2.05, 4.69) is 5.32 Å². The standard InChI is InChI=1S/C14H16N2O2/c1-18-9-5-8-16-14(17)13(11-15)10-12-6-3-2-4-7-12/h2-4,6-7,10H,5,8-9H2,1H3,(H,16,17)/b13-10+. The van der Waals surface area contributed by atoms with Crippen LogP contribution in [0.4, 0.5) is 0 Å². The summed E-state index contributed by atoms with van der Waals surface area (Å²) in [6, 6.07) is 11.2. The third-order valence-corrected chi connectivity index (χ3v) is 2.29. The van der Waals surface area contributed by atoms with Gasteiger partial charge in [-0.05, 0) is 18.1 Å². The van der Waals surface area contributed by atoms with Crippen LogP contribution in [-0.4, -0.2) is 26.2 Å². The Morgan fingerprint density at radius 2 is 2.17 bits per heavy atom. The van der Waals surface area contributed by atoms with E-state index in [1.165, 1.54) is 0 Å². The van der Waals surface area contributed by atoms with E-state index in [1.807, 2.05) is 36.4 Å². The Balaban J connectivity index is 2.58. The summed E-state index contributed by atoms with van der Waals surface area (Å²) in [5, 5.41) is 11.6. The Morgan fingerprint density at radius 1 is 1.44 bits per heavy atom. The van der Waals surface area contributed by atoms with Gasteiger partial charge in [-0.3, -0.25) is 4.79 Å². The molecule has 0 bridgehead atoms. The van der Waals surface area contributed by atoms with Crippen LogP contribution in [-0.2, 0) is 9.53 Å². The number of ether oxygens (including phenoxy) is 1. The molecule has 4 nitrogen and oxygen atoms in total. The number of carbonyl (C=O) groups is 1. The van der Waals surface area contributed by atoms with Gasteiger partial charge in [-0.25, -0.2) is 0 Å². The van der Waals surface area contributed by atoms with Crippen molar-refractivity contribution in [1.29, 1.82) is 5.26 Å². The van der Waals surface area contributed by atoms with Crippen molar-refractivity contribution in [3.05, 3.63) is 41.5 Å². The number of nitrogens with zero attached hydrogens (tertiary/aromatic N) is 1. The zero-order valence-corrected chi connectivity index (χ0v) is 10.3. The van der Waals surface area contributed by atoms with E-state index in [0.29, 0.717) is 13.2 Å². The topological polar surface area (TPSA) is 62.1 Å². The largest absolute Gasteiger partial charge is 0.385 e. The number of hydrogen-bond donors (Lipinski definition) is 1. The molecule has 94 valence electrons. The van der Waals surface area contributed by atoms with Crippen LogP contribution in [0.2, 0.25) is 0 Å². The predicted octanol–water partition coefficient (Wildman–Crippen LogP) is 1.75. The Morgan fingerprint density at radius 3 is 2.78 bits per heavy atom. The van der Waals surface area contributed by atoms with E-state index in [1.54, 1.807) is 13.2 Å². The maximum absolute atomic E-state index is 11.7. The van der Waals surface area contributed by atoms with Gasteiger partial charge in [0.25, 0.3) is 5.91 Å². The molecule has 1 aromatic rings. The van der Waals surface area contributed by atoms with Crippen molar-refractivity contribution in [2.75, 3.05) is 20.3 Å². The minimum atomic E-state index is -0.350. The molecular weight excluding hydrogens is 228 g/mol. The van der Waals surface area contributed by atoms with Crippen molar-refractivity contribution in [2.45, 2.75) is 6.42 Å². The SMILES string of the molecule is COCCCNC(=O)/C(C#N)=C/c1ccccc1. The van der Waals surface area contributed by atoms with Gasteiger partial charge < -0.3 is 10.1 Å². The number of nitriles is 1. The monoisotopic (exact) mass is 244 g/mol. The molecule has 0 saturated heterocycles. The first-order chi connectivity index (χ1) is 8.77. The summed E-state index contributed by atoms with van der Waals surface area (Å²) >= 11 is 0. The van der Waals surface area contributed by atoms with Gasteiger partial charge in [0.15, 0.2) is 0 Å². The summed E-state index contributed by atoms with van der Waals surface area (Å²) in [5.74, 6) is -0.350. The third kappa shape index (κ3) is 4.81. The summed E-state index contributed by atoms with van der Waals surface area (Å²) in [5.41, 5.74) is 0.944. The number of carbonyl (C=O) groups excluding carboxylic acids is 1. The van der Waals surface area contributed by atoms with Gasteiger partial charge in [0.1, 0.15) is 11.6 Å². The van der Waals surface area contributed by atoms with Crippen molar-refractivity contribution in [3.63, 3.8) is 0 Å². The van der Waals surface area contributed by atoms with Gasteiger partial charge in [0, 0.05) is 20.3 Å². The molecule has 0 aromatic heterocycles. The van der Waals surface area contributed by atoms with Gasteiger partial charge in [-0.1, -0.05) is 30.3 Å². The normalized spacial score (nSPS) is 10.8. The van der Waals surface area contributed by atoms with Crippen molar-refractivity contribution in [1.82, 2.24) is 5.32 Å². The molecule has 0 spiro atoms. The lowest BCUT2D eigenvalue weighted by Crippen LogP contribution is -2.26.